The van der Waals surface area contributed by atoms with Crippen LogP contribution in [0.3, 0.4) is 0 Å². The van der Waals surface area contributed by atoms with E-state index in [0.29, 0.717) is 5.75 Å². The van der Waals surface area contributed by atoms with E-state index in [1.165, 1.54) is 11.1 Å². The van der Waals surface area contributed by atoms with Crippen molar-refractivity contribution in [1.29, 1.82) is 0 Å². The Morgan fingerprint density at radius 3 is 2.43 bits per heavy atom. The van der Waals surface area contributed by atoms with Crippen LogP contribution in [-0.2, 0) is 6.54 Å². The molecule has 0 heterocycles. The predicted octanol–water partition coefficient (Wildman–Crippen LogP) is 3.87. The molecular weight excluding hydrogens is 262 g/mol. The van der Waals surface area contributed by atoms with E-state index in [-0.39, 0.29) is 6.04 Å². The fraction of sp³-hybridized carbons (Fsp3) is 0.333. The molecular formula is C18H23NO2. The average Bonchev–Trinajstić information content (AvgIpc) is 2.50. The van der Waals surface area contributed by atoms with Crippen molar-refractivity contribution < 1.29 is 9.84 Å². The van der Waals surface area contributed by atoms with Crippen LogP contribution in [0, 0.1) is 13.8 Å². The molecule has 0 radical (unpaired) electrons. The Hall–Kier alpha value is -2.00. The SMILES string of the molecule is COc1cccc([C@H](C)NCc2cc(C)c(O)c(C)c2)c1. The maximum absolute atomic E-state index is 9.81. The highest BCUT2D eigenvalue weighted by Gasteiger charge is 2.08. The molecule has 21 heavy (non-hydrogen) atoms. The number of rotatable bonds is 5. The Kier molecular flexibility index (Phi) is 4.86. The van der Waals surface area contributed by atoms with Crippen molar-refractivity contribution in [2.24, 2.45) is 0 Å². The third kappa shape index (κ3) is 3.76. The lowest BCUT2D eigenvalue weighted by molar-refractivity contribution is 0.413. The van der Waals surface area contributed by atoms with Gasteiger partial charge in [0.15, 0.2) is 0 Å². The Bertz CT molecular complexity index is 599. The summed E-state index contributed by atoms with van der Waals surface area (Å²) in [4.78, 5) is 0. The number of hydrogen-bond donors (Lipinski definition) is 2. The summed E-state index contributed by atoms with van der Waals surface area (Å²) in [6.45, 7) is 6.75. The van der Waals surface area contributed by atoms with E-state index in [9.17, 15) is 5.11 Å². The monoisotopic (exact) mass is 285 g/mol. The van der Waals surface area contributed by atoms with Gasteiger partial charge in [-0.1, -0.05) is 24.3 Å². The summed E-state index contributed by atoms with van der Waals surface area (Å²) in [5.74, 6) is 1.26. The zero-order chi connectivity index (χ0) is 15.4. The minimum atomic E-state index is 0.231. The molecule has 0 amide bonds. The van der Waals surface area contributed by atoms with Crippen LogP contribution >= 0.6 is 0 Å². The molecule has 0 unspecified atom stereocenters. The van der Waals surface area contributed by atoms with Crippen LogP contribution in [0.1, 0.15) is 35.2 Å². The Morgan fingerprint density at radius 2 is 1.81 bits per heavy atom. The van der Waals surface area contributed by atoms with E-state index in [1.807, 2.05) is 44.2 Å². The second-order valence-electron chi connectivity index (χ2n) is 5.46. The van der Waals surface area contributed by atoms with Crippen LogP contribution < -0.4 is 10.1 Å². The molecule has 2 aromatic carbocycles. The molecule has 0 saturated carbocycles. The molecule has 2 N–H and O–H groups in total. The van der Waals surface area contributed by atoms with Gasteiger partial charge in [-0.2, -0.15) is 0 Å². The van der Waals surface area contributed by atoms with E-state index in [1.54, 1.807) is 7.11 Å². The van der Waals surface area contributed by atoms with Crippen molar-refractivity contribution in [2.45, 2.75) is 33.4 Å². The third-order valence-corrected chi connectivity index (χ3v) is 3.76. The van der Waals surface area contributed by atoms with Gasteiger partial charge in [0.1, 0.15) is 11.5 Å². The average molecular weight is 285 g/mol. The van der Waals surface area contributed by atoms with Crippen LogP contribution in [0.5, 0.6) is 11.5 Å². The fourth-order valence-corrected chi connectivity index (χ4v) is 2.45. The van der Waals surface area contributed by atoms with Crippen molar-refractivity contribution in [3.8, 4) is 11.5 Å². The first kappa shape index (κ1) is 15.4. The van der Waals surface area contributed by atoms with Crippen LogP contribution in [0.25, 0.3) is 0 Å². The predicted molar refractivity (Wildman–Crippen MR) is 85.8 cm³/mol. The standard InChI is InChI=1S/C18H23NO2/c1-12-8-15(9-13(2)18(12)20)11-19-14(3)16-6-5-7-17(10-16)21-4/h5-10,14,19-20H,11H2,1-4H3/t14-/m0/s1. The highest BCUT2D eigenvalue weighted by atomic mass is 16.5. The molecule has 0 aliphatic rings. The number of aromatic hydroxyl groups is 1. The molecule has 0 aromatic heterocycles. The molecule has 0 spiro atoms. The quantitative estimate of drug-likeness (QED) is 0.876. The van der Waals surface area contributed by atoms with E-state index in [2.05, 4.69) is 18.3 Å². The van der Waals surface area contributed by atoms with Crippen molar-refractivity contribution in [3.63, 3.8) is 0 Å². The Morgan fingerprint density at radius 1 is 1.14 bits per heavy atom. The summed E-state index contributed by atoms with van der Waals surface area (Å²) < 4.78 is 5.26. The summed E-state index contributed by atoms with van der Waals surface area (Å²) >= 11 is 0. The van der Waals surface area contributed by atoms with Gasteiger partial charge in [-0.15, -0.1) is 0 Å². The topological polar surface area (TPSA) is 41.5 Å². The van der Waals surface area contributed by atoms with Crippen LogP contribution in [0.4, 0.5) is 0 Å². The van der Waals surface area contributed by atoms with Gasteiger partial charge in [0.05, 0.1) is 7.11 Å². The number of phenols is 1. The summed E-state index contributed by atoms with van der Waals surface area (Å²) in [6.07, 6.45) is 0. The third-order valence-electron chi connectivity index (χ3n) is 3.76. The van der Waals surface area contributed by atoms with Gasteiger partial charge in [-0.3, -0.25) is 0 Å². The lowest BCUT2D eigenvalue weighted by Gasteiger charge is -2.16. The largest absolute Gasteiger partial charge is 0.507 e. The Labute approximate surface area is 126 Å². The maximum Gasteiger partial charge on any atom is 0.121 e. The molecule has 0 aliphatic heterocycles. The smallest absolute Gasteiger partial charge is 0.121 e. The van der Waals surface area contributed by atoms with Crippen molar-refractivity contribution in [1.82, 2.24) is 5.32 Å². The van der Waals surface area contributed by atoms with Crippen molar-refractivity contribution in [2.75, 3.05) is 7.11 Å². The van der Waals surface area contributed by atoms with Gasteiger partial charge in [0, 0.05) is 12.6 Å². The lowest BCUT2D eigenvalue weighted by atomic mass is 10.0. The molecule has 0 bridgehead atoms. The van der Waals surface area contributed by atoms with Crippen LogP contribution in [-0.4, -0.2) is 12.2 Å². The van der Waals surface area contributed by atoms with E-state index in [0.717, 1.165) is 23.4 Å². The van der Waals surface area contributed by atoms with Crippen molar-refractivity contribution in [3.05, 3.63) is 58.7 Å². The van der Waals surface area contributed by atoms with Gasteiger partial charge < -0.3 is 15.2 Å². The van der Waals surface area contributed by atoms with E-state index >= 15 is 0 Å². The van der Waals surface area contributed by atoms with Gasteiger partial charge in [-0.05, 0) is 55.2 Å². The van der Waals surface area contributed by atoms with Crippen LogP contribution in [0.2, 0.25) is 0 Å². The molecule has 2 aromatic rings. The number of methoxy groups -OCH3 is 1. The first-order valence-corrected chi connectivity index (χ1v) is 7.17. The number of hydrogen-bond acceptors (Lipinski definition) is 3. The number of ether oxygens (including phenoxy) is 1. The minimum absolute atomic E-state index is 0.231. The first-order valence-electron chi connectivity index (χ1n) is 7.17. The molecule has 3 nitrogen and oxygen atoms in total. The molecule has 0 saturated heterocycles. The number of phenolic OH excluding ortho intramolecular Hbond substituents is 1. The fourth-order valence-electron chi connectivity index (χ4n) is 2.45. The van der Waals surface area contributed by atoms with Crippen molar-refractivity contribution >= 4 is 0 Å². The molecule has 1 atom stereocenters. The lowest BCUT2D eigenvalue weighted by Crippen LogP contribution is -2.18. The normalized spacial score (nSPS) is 12.2. The Balaban J connectivity index is 2.05. The zero-order valence-electron chi connectivity index (χ0n) is 13.1. The summed E-state index contributed by atoms with van der Waals surface area (Å²) in [5, 5.41) is 13.3. The minimum Gasteiger partial charge on any atom is -0.507 e. The summed E-state index contributed by atoms with van der Waals surface area (Å²) in [6, 6.07) is 12.4. The molecule has 0 aliphatic carbocycles. The molecule has 0 fully saturated rings. The second-order valence-corrected chi connectivity index (χ2v) is 5.46. The number of nitrogens with one attached hydrogen (secondary N) is 1. The molecule has 112 valence electrons. The van der Waals surface area contributed by atoms with E-state index < -0.39 is 0 Å². The second kappa shape index (κ2) is 6.64. The highest BCUT2D eigenvalue weighted by molar-refractivity contribution is 5.42. The number of aryl methyl sites for hydroxylation is 2. The van der Waals surface area contributed by atoms with E-state index in [4.69, 9.17) is 4.74 Å². The summed E-state index contributed by atoms with van der Waals surface area (Å²) in [7, 11) is 1.68. The first-order chi connectivity index (χ1) is 10.0. The van der Waals surface area contributed by atoms with Gasteiger partial charge in [-0.25, -0.2) is 0 Å². The summed E-state index contributed by atoms with van der Waals surface area (Å²) in [5.41, 5.74) is 4.21. The maximum atomic E-state index is 9.81. The van der Waals surface area contributed by atoms with Crippen LogP contribution in [0.15, 0.2) is 36.4 Å². The van der Waals surface area contributed by atoms with Gasteiger partial charge >= 0.3 is 0 Å². The highest BCUT2D eigenvalue weighted by Crippen LogP contribution is 2.24. The zero-order valence-corrected chi connectivity index (χ0v) is 13.1. The van der Waals surface area contributed by atoms with Gasteiger partial charge in [0.25, 0.3) is 0 Å². The molecule has 2 rings (SSSR count). The molecule has 3 heteroatoms. The van der Waals surface area contributed by atoms with Gasteiger partial charge in [0.2, 0.25) is 0 Å². The number of benzene rings is 2.